The van der Waals surface area contributed by atoms with Gasteiger partial charge in [0.25, 0.3) is 5.91 Å². The van der Waals surface area contributed by atoms with Crippen LogP contribution in [0.5, 0.6) is 0 Å². The molecule has 1 heterocycles. The second kappa shape index (κ2) is 8.72. The average molecular weight is 399 g/mol. The molecule has 2 aromatic carbocycles. The van der Waals surface area contributed by atoms with E-state index in [0.29, 0.717) is 5.69 Å². The summed E-state index contributed by atoms with van der Waals surface area (Å²) in [5.74, 6) is -2.22. The summed E-state index contributed by atoms with van der Waals surface area (Å²) >= 11 is 0. The van der Waals surface area contributed by atoms with Gasteiger partial charge in [-0.15, -0.1) is 0 Å². The highest BCUT2D eigenvalue weighted by Crippen LogP contribution is 2.24. The molecule has 152 valence electrons. The summed E-state index contributed by atoms with van der Waals surface area (Å²) in [7, 11) is 1.71. The van der Waals surface area contributed by atoms with Crippen LogP contribution in [0.3, 0.4) is 0 Å². The van der Waals surface area contributed by atoms with E-state index in [1.807, 2.05) is 0 Å². The number of anilines is 2. The highest BCUT2D eigenvalue weighted by molar-refractivity contribution is 6.08. The van der Waals surface area contributed by atoms with Crippen LogP contribution in [0.1, 0.15) is 33.6 Å². The first-order valence-corrected chi connectivity index (χ1v) is 9.28. The molecular weight excluding hydrogens is 377 g/mol. The zero-order valence-electron chi connectivity index (χ0n) is 16.0. The third-order valence-electron chi connectivity index (χ3n) is 4.86. The molecule has 2 aromatic rings. The summed E-state index contributed by atoms with van der Waals surface area (Å²) in [5, 5.41) is 12.1. The smallest absolute Gasteiger partial charge is 0.337 e. The van der Waals surface area contributed by atoms with Crippen LogP contribution in [0.4, 0.5) is 15.8 Å². The third kappa shape index (κ3) is 4.90. The van der Waals surface area contributed by atoms with Crippen LogP contribution < -0.4 is 10.2 Å². The van der Waals surface area contributed by atoms with Crippen molar-refractivity contribution in [1.82, 2.24) is 4.90 Å². The van der Waals surface area contributed by atoms with Gasteiger partial charge in [0.2, 0.25) is 5.91 Å². The molecule has 0 spiro atoms. The van der Waals surface area contributed by atoms with Crippen LogP contribution in [0, 0.1) is 5.82 Å². The summed E-state index contributed by atoms with van der Waals surface area (Å²) in [6.45, 7) is 1.64. The van der Waals surface area contributed by atoms with Gasteiger partial charge in [0.1, 0.15) is 5.82 Å². The van der Waals surface area contributed by atoms with E-state index in [0.717, 1.165) is 38.1 Å². The van der Waals surface area contributed by atoms with E-state index in [9.17, 15) is 23.9 Å². The zero-order valence-corrected chi connectivity index (χ0v) is 16.0. The van der Waals surface area contributed by atoms with Gasteiger partial charge in [-0.05, 0) is 55.3 Å². The number of aromatic carboxylic acids is 1. The second-order valence-electron chi connectivity index (χ2n) is 6.94. The van der Waals surface area contributed by atoms with E-state index in [-0.39, 0.29) is 29.3 Å². The minimum Gasteiger partial charge on any atom is -0.478 e. The van der Waals surface area contributed by atoms with Gasteiger partial charge in [-0.3, -0.25) is 9.59 Å². The molecule has 1 saturated heterocycles. The quantitative estimate of drug-likeness (QED) is 0.780. The number of rotatable bonds is 6. The van der Waals surface area contributed by atoms with E-state index in [4.69, 9.17) is 0 Å². The summed E-state index contributed by atoms with van der Waals surface area (Å²) in [6.07, 6.45) is 2.00. The van der Waals surface area contributed by atoms with Crippen molar-refractivity contribution in [2.24, 2.45) is 0 Å². The summed E-state index contributed by atoms with van der Waals surface area (Å²) in [4.78, 5) is 39.8. The van der Waals surface area contributed by atoms with Crippen molar-refractivity contribution < 1.29 is 23.9 Å². The SMILES string of the molecule is CN(CC(=O)N1CCCC1)c1ccc(NC(=O)c2ccc(F)cc2)c(C(=O)O)c1. The Balaban J connectivity index is 1.75. The lowest BCUT2D eigenvalue weighted by molar-refractivity contribution is -0.128. The molecular formula is C21H22FN3O4. The normalized spacial score (nSPS) is 13.2. The Morgan fingerprint density at radius 3 is 2.38 bits per heavy atom. The van der Waals surface area contributed by atoms with E-state index in [1.54, 1.807) is 22.9 Å². The first kappa shape index (κ1) is 20.3. The average Bonchev–Trinajstić information content (AvgIpc) is 3.23. The van der Waals surface area contributed by atoms with Gasteiger partial charge in [-0.1, -0.05) is 0 Å². The molecule has 0 aliphatic carbocycles. The largest absolute Gasteiger partial charge is 0.478 e. The number of hydrogen-bond acceptors (Lipinski definition) is 4. The lowest BCUT2D eigenvalue weighted by atomic mass is 10.1. The molecule has 0 radical (unpaired) electrons. The molecule has 1 fully saturated rings. The summed E-state index contributed by atoms with van der Waals surface area (Å²) in [6, 6.07) is 9.49. The highest BCUT2D eigenvalue weighted by Gasteiger charge is 2.21. The van der Waals surface area contributed by atoms with Crippen LogP contribution >= 0.6 is 0 Å². The molecule has 0 bridgehead atoms. The fraction of sp³-hybridized carbons (Fsp3) is 0.286. The van der Waals surface area contributed by atoms with E-state index >= 15 is 0 Å². The number of likely N-dealkylation sites (tertiary alicyclic amines) is 1. The van der Waals surface area contributed by atoms with Crippen molar-refractivity contribution in [2.45, 2.75) is 12.8 Å². The molecule has 8 heteroatoms. The number of carboxylic acids is 1. The van der Waals surface area contributed by atoms with Gasteiger partial charge in [0, 0.05) is 31.4 Å². The van der Waals surface area contributed by atoms with Crippen molar-refractivity contribution in [3.05, 3.63) is 59.4 Å². The highest BCUT2D eigenvalue weighted by atomic mass is 19.1. The Morgan fingerprint density at radius 1 is 1.10 bits per heavy atom. The number of halogens is 1. The fourth-order valence-corrected chi connectivity index (χ4v) is 3.21. The molecule has 2 N–H and O–H groups in total. The Bertz CT molecular complexity index is 924. The molecule has 0 saturated carbocycles. The number of amides is 2. The van der Waals surface area contributed by atoms with Crippen molar-refractivity contribution in [1.29, 1.82) is 0 Å². The first-order valence-electron chi connectivity index (χ1n) is 9.28. The number of hydrogen-bond donors (Lipinski definition) is 2. The number of carbonyl (C=O) groups excluding carboxylic acids is 2. The van der Waals surface area contributed by atoms with Crippen molar-refractivity contribution >= 4 is 29.2 Å². The maximum Gasteiger partial charge on any atom is 0.337 e. The van der Waals surface area contributed by atoms with Gasteiger partial charge in [0.15, 0.2) is 0 Å². The molecule has 0 unspecified atom stereocenters. The molecule has 29 heavy (non-hydrogen) atoms. The Kier molecular flexibility index (Phi) is 6.11. The maximum atomic E-state index is 13.0. The predicted molar refractivity (Wildman–Crippen MR) is 107 cm³/mol. The van der Waals surface area contributed by atoms with Crippen LogP contribution in [0.2, 0.25) is 0 Å². The lowest BCUT2D eigenvalue weighted by Gasteiger charge is -2.23. The standard InChI is InChI=1S/C21H22FN3O4/c1-24(13-19(26)25-10-2-3-11-25)16-8-9-18(17(12-16)21(28)29)23-20(27)14-4-6-15(22)7-5-14/h4-9,12H,2-3,10-11,13H2,1H3,(H,23,27)(H,28,29). The van der Waals surface area contributed by atoms with Gasteiger partial charge in [-0.25, -0.2) is 9.18 Å². The van der Waals surface area contributed by atoms with Crippen molar-refractivity contribution in [2.75, 3.05) is 36.9 Å². The Hall–Kier alpha value is -3.42. The van der Waals surface area contributed by atoms with Crippen LogP contribution in [0.25, 0.3) is 0 Å². The van der Waals surface area contributed by atoms with Crippen molar-refractivity contribution in [3.8, 4) is 0 Å². The molecule has 2 amide bonds. The third-order valence-corrected chi connectivity index (χ3v) is 4.86. The van der Waals surface area contributed by atoms with Crippen LogP contribution in [-0.4, -0.2) is 54.5 Å². The Morgan fingerprint density at radius 2 is 1.76 bits per heavy atom. The van der Waals surface area contributed by atoms with E-state index < -0.39 is 17.7 Å². The number of benzene rings is 2. The number of carbonyl (C=O) groups is 3. The molecule has 0 atom stereocenters. The van der Waals surface area contributed by atoms with Gasteiger partial charge >= 0.3 is 5.97 Å². The minimum atomic E-state index is -1.21. The summed E-state index contributed by atoms with van der Waals surface area (Å²) in [5.41, 5.74) is 0.781. The van der Waals surface area contributed by atoms with E-state index in [2.05, 4.69) is 5.32 Å². The van der Waals surface area contributed by atoms with E-state index in [1.165, 1.54) is 24.3 Å². The first-order chi connectivity index (χ1) is 13.8. The van der Waals surface area contributed by atoms with Crippen molar-refractivity contribution in [3.63, 3.8) is 0 Å². The number of nitrogens with zero attached hydrogens (tertiary/aromatic N) is 2. The van der Waals surface area contributed by atoms with Crippen LogP contribution in [-0.2, 0) is 4.79 Å². The summed E-state index contributed by atoms with van der Waals surface area (Å²) < 4.78 is 13.0. The maximum absolute atomic E-state index is 13.0. The number of carboxylic acid groups (broad SMARTS) is 1. The minimum absolute atomic E-state index is 0.00411. The molecule has 3 rings (SSSR count). The Labute approximate surface area is 167 Å². The topological polar surface area (TPSA) is 90.0 Å². The fourth-order valence-electron chi connectivity index (χ4n) is 3.21. The lowest BCUT2D eigenvalue weighted by Crippen LogP contribution is -2.37. The molecule has 7 nitrogen and oxygen atoms in total. The number of nitrogens with one attached hydrogen (secondary N) is 1. The monoisotopic (exact) mass is 399 g/mol. The second-order valence-corrected chi connectivity index (χ2v) is 6.94. The zero-order chi connectivity index (χ0) is 21.0. The molecule has 1 aliphatic rings. The van der Waals surface area contributed by atoms with Crippen LogP contribution in [0.15, 0.2) is 42.5 Å². The molecule has 0 aromatic heterocycles. The van der Waals surface area contributed by atoms with Gasteiger partial charge in [-0.2, -0.15) is 0 Å². The van der Waals surface area contributed by atoms with Gasteiger partial charge < -0.3 is 20.2 Å². The van der Waals surface area contributed by atoms with Gasteiger partial charge in [0.05, 0.1) is 17.8 Å². The molecule has 1 aliphatic heterocycles. The predicted octanol–water partition coefficient (Wildman–Crippen LogP) is 2.83. The number of likely N-dealkylation sites (N-methyl/N-ethyl adjacent to an activating group) is 1.